The quantitative estimate of drug-likeness (QED) is 0.275. The van der Waals surface area contributed by atoms with Crippen molar-refractivity contribution in [1.29, 1.82) is 0 Å². The third-order valence-corrected chi connectivity index (χ3v) is 7.23. The molecule has 0 aliphatic carbocycles. The van der Waals surface area contributed by atoms with Gasteiger partial charge in [0.25, 0.3) is 0 Å². The van der Waals surface area contributed by atoms with E-state index in [0.717, 1.165) is 28.3 Å². The SMILES string of the molecule is Cc1cc(Nc2ncnc3ccc(N4CC(C)N(C(=O)OC(C)(C)C)C(C)C4)nc23)ccc1Oc1ccn2ncnc2c1. The van der Waals surface area contributed by atoms with Gasteiger partial charge in [-0.3, -0.25) is 4.90 Å². The monoisotopic (exact) mass is 581 g/mol. The smallest absolute Gasteiger partial charge is 0.410 e. The molecule has 12 heteroatoms. The fraction of sp³-hybridized carbons (Fsp3) is 0.355. The minimum Gasteiger partial charge on any atom is -0.457 e. The average Bonchev–Trinajstić information content (AvgIpc) is 3.41. The van der Waals surface area contributed by atoms with Gasteiger partial charge < -0.3 is 19.7 Å². The molecule has 0 radical (unpaired) electrons. The number of amides is 1. The first kappa shape index (κ1) is 28.1. The zero-order valence-corrected chi connectivity index (χ0v) is 25.1. The topological polar surface area (TPSA) is 123 Å². The highest BCUT2D eigenvalue weighted by atomic mass is 16.6. The Morgan fingerprint density at radius 1 is 0.977 bits per heavy atom. The van der Waals surface area contributed by atoms with E-state index in [-0.39, 0.29) is 18.2 Å². The van der Waals surface area contributed by atoms with Crippen molar-refractivity contribution in [2.45, 2.75) is 59.2 Å². The van der Waals surface area contributed by atoms with Crippen molar-refractivity contribution in [3.8, 4) is 11.5 Å². The largest absolute Gasteiger partial charge is 0.457 e. The summed E-state index contributed by atoms with van der Waals surface area (Å²) in [5.41, 5.74) is 3.35. The number of piperazine rings is 1. The number of hydrogen-bond acceptors (Lipinski definition) is 10. The Bertz CT molecular complexity index is 1790. The van der Waals surface area contributed by atoms with Gasteiger partial charge in [-0.15, -0.1) is 0 Å². The summed E-state index contributed by atoms with van der Waals surface area (Å²) in [6.07, 6.45) is 4.56. The number of ether oxygens (including phenoxy) is 2. The van der Waals surface area contributed by atoms with Crippen molar-refractivity contribution >= 4 is 40.1 Å². The molecule has 4 aromatic heterocycles. The van der Waals surface area contributed by atoms with E-state index in [1.165, 1.54) is 12.7 Å². The third-order valence-electron chi connectivity index (χ3n) is 7.23. The first-order valence-electron chi connectivity index (χ1n) is 14.3. The molecule has 6 rings (SSSR count). The Morgan fingerprint density at radius 2 is 1.77 bits per heavy atom. The molecule has 1 fully saturated rings. The standard InChI is InChI=1S/C31H35N9O3/c1-19-13-22(7-9-25(19)42-23-11-12-39-27(14-23)33-18-35-39)36-29-28-24(32-17-34-29)8-10-26(37-28)38-15-20(2)40(21(3)16-38)30(41)43-31(4,5)6/h7-14,17-18,20-21H,15-16H2,1-6H3,(H,32,34,36). The predicted molar refractivity (Wildman–Crippen MR) is 164 cm³/mol. The number of aryl methyl sites for hydroxylation is 1. The maximum absolute atomic E-state index is 12.9. The molecule has 0 bridgehead atoms. The van der Waals surface area contributed by atoms with E-state index in [9.17, 15) is 4.79 Å². The van der Waals surface area contributed by atoms with Crippen LogP contribution in [0.25, 0.3) is 16.7 Å². The van der Waals surface area contributed by atoms with E-state index in [0.29, 0.717) is 35.8 Å². The van der Waals surface area contributed by atoms with Gasteiger partial charge >= 0.3 is 6.09 Å². The van der Waals surface area contributed by atoms with Crippen molar-refractivity contribution in [3.63, 3.8) is 0 Å². The second-order valence-electron chi connectivity index (χ2n) is 11.9. The lowest BCUT2D eigenvalue weighted by atomic mass is 10.1. The van der Waals surface area contributed by atoms with E-state index in [2.05, 4.69) is 30.3 Å². The average molecular weight is 582 g/mol. The number of carbonyl (C=O) groups excluding carboxylic acids is 1. The molecule has 0 saturated carbocycles. The van der Waals surface area contributed by atoms with Crippen molar-refractivity contribution in [1.82, 2.24) is 34.4 Å². The Hall–Kier alpha value is -5.00. The summed E-state index contributed by atoms with van der Waals surface area (Å²) in [5, 5.41) is 7.53. The number of anilines is 3. The van der Waals surface area contributed by atoms with Gasteiger partial charge in [0, 0.05) is 31.0 Å². The molecule has 1 saturated heterocycles. The maximum atomic E-state index is 12.9. The molecule has 43 heavy (non-hydrogen) atoms. The van der Waals surface area contributed by atoms with E-state index in [4.69, 9.17) is 14.5 Å². The highest BCUT2D eigenvalue weighted by Gasteiger charge is 2.36. The minimum atomic E-state index is -0.545. The van der Waals surface area contributed by atoms with Gasteiger partial charge in [-0.2, -0.15) is 5.10 Å². The van der Waals surface area contributed by atoms with Crippen molar-refractivity contribution < 1.29 is 14.3 Å². The number of aromatic nitrogens is 6. The molecule has 5 aromatic rings. The van der Waals surface area contributed by atoms with E-state index < -0.39 is 5.60 Å². The van der Waals surface area contributed by atoms with Gasteiger partial charge in [0.1, 0.15) is 41.1 Å². The van der Waals surface area contributed by atoms with Gasteiger partial charge in [0.2, 0.25) is 0 Å². The molecule has 2 atom stereocenters. The number of carbonyl (C=O) groups is 1. The van der Waals surface area contributed by atoms with Crippen molar-refractivity contribution in [2.75, 3.05) is 23.3 Å². The Kier molecular flexibility index (Phi) is 7.20. The molecule has 1 aromatic carbocycles. The molecule has 1 amide bonds. The summed E-state index contributed by atoms with van der Waals surface area (Å²) >= 11 is 0. The van der Waals surface area contributed by atoms with E-state index in [1.807, 2.05) is 95.1 Å². The summed E-state index contributed by atoms with van der Waals surface area (Å²) in [5.74, 6) is 2.82. The zero-order valence-electron chi connectivity index (χ0n) is 25.1. The maximum Gasteiger partial charge on any atom is 0.410 e. The molecule has 222 valence electrons. The van der Waals surface area contributed by atoms with Crippen LogP contribution in [0.1, 0.15) is 40.2 Å². The number of nitrogens with one attached hydrogen (secondary N) is 1. The minimum absolute atomic E-state index is 0.0530. The van der Waals surface area contributed by atoms with E-state index >= 15 is 0 Å². The van der Waals surface area contributed by atoms with Gasteiger partial charge in [-0.25, -0.2) is 29.2 Å². The highest BCUT2D eigenvalue weighted by Crippen LogP contribution is 2.31. The lowest BCUT2D eigenvalue weighted by Crippen LogP contribution is -2.59. The van der Waals surface area contributed by atoms with Gasteiger partial charge in [0.05, 0.1) is 17.6 Å². The summed E-state index contributed by atoms with van der Waals surface area (Å²) in [4.78, 5) is 35.0. The fourth-order valence-electron chi connectivity index (χ4n) is 5.35. The van der Waals surface area contributed by atoms with Gasteiger partial charge in [0.15, 0.2) is 11.5 Å². The molecular weight excluding hydrogens is 546 g/mol. The second kappa shape index (κ2) is 11.0. The first-order valence-corrected chi connectivity index (χ1v) is 14.3. The lowest BCUT2D eigenvalue weighted by Gasteiger charge is -2.44. The molecule has 2 unspecified atom stereocenters. The van der Waals surface area contributed by atoms with Crippen LogP contribution in [0.3, 0.4) is 0 Å². The number of rotatable bonds is 5. The summed E-state index contributed by atoms with van der Waals surface area (Å²) in [6, 6.07) is 13.4. The molecule has 0 spiro atoms. The fourth-order valence-corrected chi connectivity index (χ4v) is 5.35. The normalized spacial score (nSPS) is 17.3. The van der Waals surface area contributed by atoms with Crippen LogP contribution in [0.5, 0.6) is 11.5 Å². The van der Waals surface area contributed by atoms with Crippen LogP contribution in [-0.4, -0.2) is 71.3 Å². The molecule has 1 aliphatic rings. The number of hydrogen-bond donors (Lipinski definition) is 1. The Labute approximate surface area is 249 Å². The van der Waals surface area contributed by atoms with Crippen LogP contribution >= 0.6 is 0 Å². The van der Waals surface area contributed by atoms with Crippen LogP contribution < -0.4 is 15.0 Å². The lowest BCUT2D eigenvalue weighted by molar-refractivity contribution is 0.00560. The summed E-state index contributed by atoms with van der Waals surface area (Å²) in [7, 11) is 0. The van der Waals surface area contributed by atoms with Crippen LogP contribution in [-0.2, 0) is 4.74 Å². The third kappa shape index (κ3) is 5.99. The van der Waals surface area contributed by atoms with Crippen LogP contribution in [0, 0.1) is 6.92 Å². The first-order chi connectivity index (χ1) is 20.5. The Balaban J connectivity index is 1.20. The number of fused-ring (bicyclic) bond motifs is 2. The van der Waals surface area contributed by atoms with Gasteiger partial charge in [-0.05, 0) is 83.5 Å². The van der Waals surface area contributed by atoms with Crippen molar-refractivity contribution in [2.24, 2.45) is 0 Å². The van der Waals surface area contributed by atoms with Gasteiger partial charge in [-0.1, -0.05) is 0 Å². The predicted octanol–water partition coefficient (Wildman–Crippen LogP) is 5.75. The molecule has 12 nitrogen and oxygen atoms in total. The Morgan fingerprint density at radius 3 is 2.51 bits per heavy atom. The van der Waals surface area contributed by atoms with Crippen LogP contribution in [0.4, 0.5) is 22.1 Å². The van der Waals surface area contributed by atoms with Crippen LogP contribution in [0.15, 0.2) is 61.3 Å². The number of nitrogens with zero attached hydrogens (tertiary/aromatic N) is 8. The summed E-state index contributed by atoms with van der Waals surface area (Å²) < 4.78 is 13.5. The number of pyridine rings is 2. The molecule has 1 N–H and O–H groups in total. The molecule has 5 heterocycles. The zero-order chi connectivity index (χ0) is 30.3. The summed E-state index contributed by atoms with van der Waals surface area (Å²) in [6.45, 7) is 13.0. The molecular formula is C31H35N9O3. The second-order valence-corrected chi connectivity index (χ2v) is 11.9. The highest BCUT2D eigenvalue weighted by molar-refractivity contribution is 5.88. The van der Waals surface area contributed by atoms with Crippen LogP contribution in [0.2, 0.25) is 0 Å². The molecule has 1 aliphatic heterocycles. The van der Waals surface area contributed by atoms with Crippen molar-refractivity contribution in [3.05, 3.63) is 66.9 Å². The number of benzene rings is 1. The van der Waals surface area contributed by atoms with E-state index in [1.54, 1.807) is 4.52 Å².